The summed E-state index contributed by atoms with van der Waals surface area (Å²) in [4.78, 5) is 25.3. The first kappa shape index (κ1) is 24.6. The Morgan fingerprint density at radius 1 is 1.25 bits per heavy atom. The number of unbranched alkanes of at least 4 members (excludes halogenated alkanes) is 1. The average molecular weight is 471 g/mol. The molecular formula is C20H30FN5O5S. The molecule has 1 saturated heterocycles. The Kier molecular flexibility index (Phi) is 9.02. The van der Waals surface area contributed by atoms with E-state index in [1.54, 1.807) is 13.1 Å². The van der Waals surface area contributed by atoms with Gasteiger partial charge in [0.1, 0.15) is 6.67 Å². The van der Waals surface area contributed by atoms with Gasteiger partial charge in [-0.1, -0.05) is 5.21 Å². The SMILES string of the molecule is Cc1cn(C2CC(O)[C@@H](CO)S2)c(=O)n(CCOCCCCc2cn(CC[18F])nn2)c1=O. The summed E-state index contributed by atoms with van der Waals surface area (Å²) in [5.41, 5.74) is 0.453. The van der Waals surface area contributed by atoms with Crippen LogP contribution >= 0.6 is 11.8 Å². The molecule has 12 heteroatoms. The zero-order valence-electron chi connectivity index (χ0n) is 18.1. The predicted octanol–water partition coefficient (Wildman–Crippen LogP) is 0.276. The molecule has 1 aliphatic heterocycles. The molecule has 1 fully saturated rings. The molecule has 2 unspecified atom stereocenters. The topological polar surface area (TPSA) is 124 Å². The van der Waals surface area contributed by atoms with Gasteiger partial charge in [0.05, 0.1) is 48.7 Å². The second-order valence-corrected chi connectivity index (χ2v) is 9.23. The molecule has 0 aromatic carbocycles. The van der Waals surface area contributed by atoms with Gasteiger partial charge in [-0.15, -0.1) is 16.9 Å². The van der Waals surface area contributed by atoms with Gasteiger partial charge in [-0.25, -0.2) is 13.9 Å². The summed E-state index contributed by atoms with van der Waals surface area (Å²) < 4.78 is 22.0. The van der Waals surface area contributed by atoms with Crippen molar-refractivity contribution < 1.29 is 19.3 Å². The highest BCUT2D eigenvalue weighted by molar-refractivity contribution is 8.00. The van der Waals surface area contributed by atoms with Crippen LogP contribution in [0.3, 0.4) is 0 Å². The monoisotopic (exact) mass is 470 g/mol. The van der Waals surface area contributed by atoms with Gasteiger partial charge in [-0.2, -0.15) is 0 Å². The number of halogens is 1. The first-order chi connectivity index (χ1) is 15.4. The van der Waals surface area contributed by atoms with Crippen LogP contribution in [0.25, 0.3) is 0 Å². The van der Waals surface area contributed by atoms with Crippen molar-refractivity contribution >= 4 is 11.8 Å². The van der Waals surface area contributed by atoms with Gasteiger partial charge in [0, 0.05) is 31.0 Å². The predicted molar refractivity (Wildman–Crippen MR) is 118 cm³/mol. The van der Waals surface area contributed by atoms with Crippen molar-refractivity contribution in [3.8, 4) is 0 Å². The van der Waals surface area contributed by atoms with Crippen LogP contribution in [-0.2, 0) is 24.2 Å². The summed E-state index contributed by atoms with van der Waals surface area (Å²) in [5, 5.41) is 26.6. The molecule has 0 amide bonds. The van der Waals surface area contributed by atoms with Crippen molar-refractivity contribution in [3.63, 3.8) is 0 Å². The van der Waals surface area contributed by atoms with E-state index in [4.69, 9.17) is 4.74 Å². The maximum absolute atomic E-state index is 12.9. The van der Waals surface area contributed by atoms with E-state index in [1.807, 2.05) is 0 Å². The number of aliphatic hydroxyl groups excluding tert-OH is 2. The van der Waals surface area contributed by atoms with Crippen LogP contribution in [0, 0.1) is 6.92 Å². The van der Waals surface area contributed by atoms with Crippen molar-refractivity contribution in [2.75, 3.05) is 26.5 Å². The van der Waals surface area contributed by atoms with E-state index in [2.05, 4.69) is 10.3 Å². The number of aryl methyl sites for hydroxylation is 3. The largest absolute Gasteiger partial charge is 0.395 e. The quantitative estimate of drug-likeness (QED) is 0.424. The van der Waals surface area contributed by atoms with E-state index in [1.165, 1.54) is 27.2 Å². The molecule has 3 rings (SSSR count). The van der Waals surface area contributed by atoms with Crippen LogP contribution in [-0.4, -0.2) is 72.2 Å². The lowest BCUT2D eigenvalue weighted by atomic mass is 10.2. The molecule has 2 aromatic rings. The Hall–Kier alpha value is -2.02. The second kappa shape index (κ2) is 11.7. The molecule has 0 radical (unpaired) electrons. The summed E-state index contributed by atoms with van der Waals surface area (Å²) in [6.07, 6.45) is 5.24. The fourth-order valence-electron chi connectivity index (χ4n) is 3.63. The molecule has 2 aromatic heterocycles. The standard InChI is InChI=1S/C20H30FN5O5S/c1-14-11-26(18-10-16(28)17(13-27)32-18)20(30)25(19(14)29)7-9-31-8-3-2-4-15-12-24(6-5-21)23-22-15/h11-12,16-18,27-28H,2-10,13H2,1H3/t16?,17-,18?/m1/s1/i21-1. The smallest absolute Gasteiger partial charge is 0.332 e. The minimum atomic E-state index is -0.695. The molecule has 10 nitrogen and oxygen atoms in total. The van der Waals surface area contributed by atoms with Crippen molar-refractivity contribution in [1.29, 1.82) is 0 Å². The first-order valence-electron chi connectivity index (χ1n) is 10.7. The van der Waals surface area contributed by atoms with E-state index in [9.17, 15) is 24.2 Å². The van der Waals surface area contributed by atoms with Crippen LogP contribution in [0.1, 0.15) is 35.9 Å². The maximum Gasteiger partial charge on any atom is 0.332 e. The van der Waals surface area contributed by atoms with Gasteiger partial charge in [-0.05, 0) is 26.2 Å². The Labute approximate surface area is 189 Å². The van der Waals surface area contributed by atoms with Gasteiger partial charge >= 0.3 is 5.69 Å². The van der Waals surface area contributed by atoms with E-state index >= 15 is 0 Å². The average Bonchev–Trinajstić information content (AvgIpc) is 3.38. The minimum absolute atomic E-state index is 0.139. The fourth-order valence-corrected chi connectivity index (χ4v) is 5.00. The molecule has 178 valence electrons. The lowest BCUT2D eigenvalue weighted by Crippen LogP contribution is -2.42. The molecular weight excluding hydrogens is 440 g/mol. The maximum atomic E-state index is 12.9. The first-order valence-corrected chi connectivity index (χ1v) is 11.7. The van der Waals surface area contributed by atoms with Crippen molar-refractivity contribution in [2.45, 2.75) is 62.4 Å². The van der Waals surface area contributed by atoms with E-state index < -0.39 is 18.5 Å². The van der Waals surface area contributed by atoms with Crippen LogP contribution in [0.15, 0.2) is 22.0 Å². The number of rotatable bonds is 12. The number of aromatic nitrogens is 5. The highest BCUT2D eigenvalue weighted by atomic mass is 32.2. The Morgan fingerprint density at radius 3 is 2.78 bits per heavy atom. The van der Waals surface area contributed by atoms with E-state index in [0.717, 1.165) is 29.5 Å². The highest BCUT2D eigenvalue weighted by Gasteiger charge is 2.35. The molecule has 32 heavy (non-hydrogen) atoms. The lowest BCUT2D eigenvalue weighted by molar-refractivity contribution is 0.120. The molecule has 0 saturated carbocycles. The summed E-state index contributed by atoms with van der Waals surface area (Å²) >= 11 is 1.34. The van der Waals surface area contributed by atoms with Crippen LogP contribution in [0.5, 0.6) is 0 Å². The number of aliphatic hydroxyl groups is 2. The summed E-state index contributed by atoms with van der Waals surface area (Å²) in [6, 6.07) is 0. The third-order valence-electron chi connectivity index (χ3n) is 5.39. The van der Waals surface area contributed by atoms with Crippen LogP contribution in [0.2, 0.25) is 0 Å². The number of ether oxygens (including phenoxy) is 1. The minimum Gasteiger partial charge on any atom is -0.395 e. The molecule has 3 atom stereocenters. The van der Waals surface area contributed by atoms with Crippen molar-refractivity contribution in [3.05, 3.63) is 44.5 Å². The normalized spacial score (nSPS) is 20.8. The van der Waals surface area contributed by atoms with Gasteiger partial charge in [-0.3, -0.25) is 13.9 Å². The highest BCUT2D eigenvalue weighted by Crippen LogP contribution is 2.40. The fraction of sp³-hybridized carbons (Fsp3) is 0.700. The van der Waals surface area contributed by atoms with Gasteiger partial charge in [0.2, 0.25) is 0 Å². The lowest BCUT2D eigenvalue weighted by Gasteiger charge is -2.16. The van der Waals surface area contributed by atoms with Gasteiger partial charge in [0.15, 0.2) is 0 Å². The Bertz CT molecular complexity index is 993. The third kappa shape index (κ3) is 6.06. The molecule has 2 N–H and O–H groups in total. The molecule has 0 bridgehead atoms. The number of hydrogen-bond acceptors (Lipinski definition) is 8. The van der Waals surface area contributed by atoms with Gasteiger partial charge < -0.3 is 14.9 Å². The Balaban J connectivity index is 1.48. The zero-order chi connectivity index (χ0) is 23.1. The molecule has 0 aliphatic carbocycles. The zero-order valence-corrected chi connectivity index (χ0v) is 18.9. The van der Waals surface area contributed by atoms with E-state index in [0.29, 0.717) is 18.6 Å². The number of hydrogen-bond donors (Lipinski definition) is 2. The third-order valence-corrected chi connectivity index (χ3v) is 6.94. The van der Waals surface area contributed by atoms with Crippen molar-refractivity contribution in [1.82, 2.24) is 24.1 Å². The van der Waals surface area contributed by atoms with Gasteiger partial charge in [0.25, 0.3) is 5.56 Å². The molecule has 0 spiro atoms. The van der Waals surface area contributed by atoms with Crippen LogP contribution < -0.4 is 11.2 Å². The van der Waals surface area contributed by atoms with Crippen LogP contribution in [0.4, 0.5) is 4.39 Å². The van der Waals surface area contributed by atoms with E-state index in [-0.39, 0.29) is 42.5 Å². The number of nitrogens with zero attached hydrogens (tertiary/aromatic N) is 5. The van der Waals surface area contributed by atoms with Crippen molar-refractivity contribution in [2.24, 2.45) is 0 Å². The summed E-state index contributed by atoms with van der Waals surface area (Å²) in [5.74, 6) is 0. The summed E-state index contributed by atoms with van der Waals surface area (Å²) in [6.45, 7) is 2.06. The Morgan fingerprint density at radius 2 is 2.06 bits per heavy atom. The molecule has 1 aliphatic rings. The summed E-state index contributed by atoms with van der Waals surface area (Å²) in [7, 11) is 0. The number of thioether (sulfide) groups is 1. The number of alkyl halides is 1. The molecule has 3 heterocycles. The second-order valence-electron chi connectivity index (χ2n) is 7.80.